The number of rotatable bonds is 3. The molecule has 3 amide bonds. The zero-order chi connectivity index (χ0) is 19.5. The van der Waals surface area contributed by atoms with Gasteiger partial charge in [-0.2, -0.15) is 5.10 Å². The third kappa shape index (κ3) is 3.63. The minimum atomic E-state index is -0.439. The van der Waals surface area contributed by atoms with Crippen molar-refractivity contribution in [3.8, 4) is 16.3 Å². The van der Waals surface area contributed by atoms with Crippen molar-refractivity contribution in [2.24, 2.45) is 5.73 Å². The van der Waals surface area contributed by atoms with Crippen LogP contribution in [0, 0.1) is 0 Å². The predicted octanol–water partition coefficient (Wildman–Crippen LogP) is 2.83. The average molecular weight is 395 g/mol. The van der Waals surface area contributed by atoms with E-state index in [1.807, 2.05) is 47.8 Å². The number of hydrogen-bond donors (Lipinski definition) is 1. The summed E-state index contributed by atoms with van der Waals surface area (Å²) in [6.45, 7) is 2.06. The molecule has 0 saturated carbocycles. The molecule has 0 aliphatic carbocycles. The van der Waals surface area contributed by atoms with Crippen LogP contribution in [0.25, 0.3) is 16.3 Å². The summed E-state index contributed by atoms with van der Waals surface area (Å²) >= 11 is 1.56. The van der Waals surface area contributed by atoms with Gasteiger partial charge >= 0.3 is 6.03 Å². The molecule has 7 nitrogen and oxygen atoms in total. The molecule has 3 heterocycles. The molecule has 0 radical (unpaired) electrons. The monoisotopic (exact) mass is 395 g/mol. The van der Waals surface area contributed by atoms with Crippen molar-refractivity contribution in [2.75, 3.05) is 26.2 Å². The summed E-state index contributed by atoms with van der Waals surface area (Å²) in [6.07, 6.45) is 2.50. The van der Waals surface area contributed by atoms with E-state index in [1.165, 1.54) is 0 Å². The van der Waals surface area contributed by atoms with E-state index in [9.17, 15) is 9.59 Å². The minimum absolute atomic E-state index is 0.0723. The van der Waals surface area contributed by atoms with Gasteiger partial charge in [0.25, 0.3) is 5.91 Å². The number of carbonyl (C=O) groups excluding carboxylic acids is 2. The zero-order valence-corrected chi connectivity index (χ0v) is 16.1. The molecule has 2 aromatic heterocycles. The second-order valence-electron chi connectivity index (χ2n) is 6.62. The lowest BCUT2D eigenvalue weighted by atomic mass is 10.2. The predicted molar refractivity (Wildman–Crippen MR) is 109 cm³/mol. The van der Waals surface area contributed by atoms with E-state index < -0.39 is 6.03 Å². The fraction of sp³-hybridized carbons (Fsp3) is 0.250. The summed E-state index contributed by atoms with van der Waals surface area (Å²) in [5.74, 6) is -0.0723. The summed E-state index contributed by atoms with van der Waals surface area (Å²) < 4.78 is 1.75. The molecule has 144 valence electrons. The molecule has 0 unspecified atom stereocenters. The first kappa shape index (κ1) is 18.2. The van der Waals surface area contributed by atoms with Crippen LogP contribution in [0.5, 0.6) is 0 Å². The molecule has 3 aromatic rings. The molecule has 1 fully saturated rings. The lowest BCUT2D eigenvalue weighted by Crippen LogP contribution is -2.39. The largest absolute Gasteiger partial charge is 0.351 e. The third-order valence-corrected chi connectivity index (χ3v) is 5.69. The summed E-state index contributed by atoms with van der Waals surface area (Å²) in [5.41, 5.74) is 7.54. The highest BCUT2D eigenvalue weighted by molar-refractivity contribution is 7.13. The smallest absolute Gasteiger partial charge is 0.314 e. The number of nitrogens with two attached hydrogens (primary N) is 1. The van der Waals surface area contributed by atoms with E-state index in [2.05, 4.69) is 0 Å². The molecule has 1 aromatic carbocycles. The molecule has 0 spiro atoms. The normalized spacial score (nSPS) is 14.7. The number of amides is 3. The van der Waals surface area contributed by atoms with Crippen LogP contribution in [0.15, 0.2) is 54.0 Å². The van der Waals surface area contributed by atoms with Crippen LogP contribution in [-0.4, -0.2) is 57.7 Å². The van der Waals surface area contributed by atoms with Gasteiger partial charge in [-0.3, -0.25) is 4.79 Å². The highest BCUT2D eigenvalue weighted by atomic mass is 32.1. The minimum Gasteiger partial charge on any atom is -0.351 e. The van der Waals surface area contributed by atoms with Gasteiger partial charge in [0.1, 0.15) is 5.69 Å². The van der Waals surface area contributed by atoms with Gasteiger partial charge in [0.2, 0.25) is 0 Å². The maximum absolute atomic E-state index is 13.3. The van der Waals surface area contributed by atoms with E-state index in [1.54, 1.807) is 32.0 Å². The van der Waals surface area contributed by atoms with Crippen molar-refractivity contribution in [2.45, 2.75) is 6.42 Å². The van der Waals surface area contributed by atoms with Gasteiger partial charge in [-0.15, -0.1) is 11.3 Å². The number of benzene rings is 1. The van der Waals surface area contributed by atoms with Crippen molar-refractivity contribution in [3.05, 3.63) is 59.6 Å². The Bertz CT molecular complexity index is 968. The summed E-state index contributed by atoms with van der Waals surface area (Å²) in [6, 6.07) is 13.2. The molecule has 1 aliphatic rings. The van der Waals surface area contributed by atoms with Gasteiger partial charge in [0.15, 0.2) is 0 Å². The summed E-state index contributed by atoms with van der Waals surface area (Å²) in [4.78, 5) is 29.1. The number of para-hydroxylation sites is 1. The Balaban J connectivity index is 1.67. The van der Waals surface area contributed by atoms with Gasteiger partial charge < -0.3 is 15.5 Å². The first-order chi connectivity index (χ1) is 13.6. The van der Waals surface area contributed by atoms with Crippen molar-refractivity contribution in [3.63, 3.8) is 0 Å². The van der Waals surface area contributed by atoms with E-state index >= 15 is 0 Å². The SMILES string of the molecule is NC(=O)N1CCCN(C(=O)c2cn(-c3ccccc3)nc2-c2cccs2)CC1. The van der Waals surface area contributed by atoms with Crippen LogP contribution < -0.4 is 5.73 Å². The van der Waals surface area contributed by atoms with Crippen LogP contribution >= 0.6 is 11.3 Å². The lowest BCUT2D eigenvalue weighted by molar-refractivity contribution is 0.0763. The number of carbonyl (C=O) groups is 2. The zero-order valence-electron chi connectivity index (χ0n) is 15.3. The van der Waals surface area contributed by atoms with Crippen molar-refractivity contribution in [1.29, 1.82) is 0 Å². The molecule has 0 bridgehead atoms. The average Bonchev–Trinajstić information content (AvgIpc) is 3.32. The summed E-state index contributed by atoms with van der Waals surface area (Å²) in [7, 11) is 0. The van der Waals surface area contributed by atoms with E-state index in [4.69, 9.17) is 10.8 Å². The van der Waals surface area contributed by atoms with Crippen molar-refractivity contribution < 1.29 is 9.59 Å². The Morgan fingerprint density at radius 1 is 0.964 bits per heavy atom. The Kier molecular flexibility index (Phi) is 5.12. The number of urea groups is 1. The molecule has 4 rings (SSSR count). The molecule has 28 heavy (non-hydrogen) atoms. The molecular formula is C20H21N5O2S. The molecule has 1 aliphatic heterocycles. The number of nitrogens with zero attached hydrogens (tertiary/aromatic N) is 4. The molecule has 2 N–H and O–H groups in total. The van der Waals surface area contributed by atoms with Crippen LogP contribution in [0.3, 0.4) is 0 Å². The third-order valence-electron chi connectivity index (χ3n) is 4.81. The summed E-state index contributed by atoms with van der Waals surface area (Å²) in [5, 5.41) is 6.67. The maximum Gasteiger partial charge on any atom is 0.314 e. The fourth-order valence-electron chi connectivity index (χ4n) is 3.35. The highest BCUT2D eigenvalue weighted by Crippen LogP contribution is 2.29. The van der Waals surface area contributed by atoms with Crippen LogP contribution in [0.2, 0.25) is 0 Å². The molecule has 8 heteroatoms. The van der Waals surface area contributed by atoms with Crippen molar-refractivity contribution in [1.82, 2.24) is 19.6 Å². The Morgan fingerprint density at radius 3 is 2.43 bits per heavy atom. The fourth-order valence-corrected chi connectivity index (χ4v) is 4.07. The number of aromatic nitrogens is 2. The maximum atomic E-state index is 13.3. The van der Waals surface area contributed by atoms with Gasteiger partial charge in [-0.25, -0.2) is 9.48 Å². The second-order valence-corrected chi connectivity index (χ2v) is 7.57. The van der Waals surface area contributed by atoms with Gasteiger partial charge in [0.05, 0.1) is 16.1 Å². The second kappa shape index (κ2) is 7.85. The Hall–Kier alpha value is -3.13. The first-order valence-corrected chi connectivity index (χ1v) is 10.0. The molecular weight excluding hydrogens is 374 g/mol. The van der Waals surface area contributed by atoms with Crippen LogP contribution in [-0.2, 0) is 0 Å². The van der Waals surface area contributed by atoms with Crippen LogP contribution in [0.1, 0.15) is 16.8 Å². The topological polar surface area (TPSA) is 84.5 Å². The number of hydrogen-bond acceptors (Lipinski definition) is 4. The van der Waals surface area contributed by atoms with Gasteiger partial charge in [0, 0.05) is 32.4 Å². The first-order valence-electron chi connectivity index (χ1n) is 9.16. The van der Waals surface area contributed by atoms with Gasteiger partial charge in [-0.05, 0) is 30.0 Å². The van der Waals surface area contributed by atoms with E-state index in [0.29, 0.717) is 43.9 Å². The van der Waals surface area contributed by atoms with Crippen molar-refractivity contribution >= 4 is 23.3 Å². The molecule has 1 saturated heterocycles. The standard InChI is InChI=1S/C20H21N5O2S/c21-20(27)24-10-5-9-23(11-12-24)19(26)16-14-25(15-6-2-1-3-7-15)22-18(16)17-8-4-13-28-17/h1-4,6-8,13-14H,5,9-12H2,(H2,21,27). The Labute approximate surface area is 167 Å². The van der Waals surface area contributed by atoms with Crippen LogP contribution in [0.4, 0.5) is 4.79 Å². The lowest BCUT2D eigenvalue weighted by Gasteiger charge is -2.21. The van der Waals surface area contributed by atoms with Gasteiger partial charge in [-0.1, -0.05) is 24.3 Å². The highest BCUT2D eigenvalue weighted by Gasteiger charge is 2.26. The molecule has 0 atom stereocenters. The number of thiophene rings is 1. The number of primary amides is 1. The van der Waals surface area contributed by atoms with E-state index in [0.717, 1.165) is 10.6 Å². The Morgan fingerprint density at radius 2 is 1.71 bits per heavy atom. The quantitative estimate of drug-likeness (QED) is 0.740. The van der Waals surface area contributed by atoms with E-state index in [-0.39, 0.29) is 5.91 Å².